The second-order valence-electron chi connectivity index (χ2n) is 7.21. The van der Waals surface area contributed by atoms with E-state index >= 15 is 0 Å². The molecule has 133 valence electrons. The molecule has 1 aliphatic carbocycles. The molecule has 2 aromatic heterocycles. The third kappa shape index (κ3) is 2.55. The third-order valence-corrected chi connectivity index (χ3v) is 5.31. The van der Waals surface area contributed by atoms with Gasteiger partial charge in [0.25, 0.3) is 11.7 Å². The molecule has 1 radical (unpaired) electrons. The lowest BCUT2D eigenvalue weighted by Crippen LogP contribution is -2.45. The Hall–Kier alpha value is -3.32. The normalized spacial score (nSPS) is 19.3. The number of hydrogen-bond donors (Lipinski definition) is 3. The number of fused-ring (bicyclic) bond motifs is 2. The highest BCUT2D eigenvalue weighted by Crippen LogP contribution is 2.39. The van der Waals surface area contributed by atoms with Gasteiger partial charge in [-0.3, -0.25) is 10.4 Å². The molecule has 0 amide bonds. The number of anilines is 2. The predicted molar refractivity (Wildman–Crippen MR) is 107 cm³/mol. The topological polar surface area (TPSA) is 78.0 Å². The minimum absolute atomic E-state index is 0.654. The minimum atomic E-state index is 0.654. The van der Waals surface area contributed by atoms with E-state index in [4.69, 9.17) is 0 Å². The van der Waals surface area contributed by atoms with Gasteiger partial charge in [0.05, 0.1) is 12.4 Å². The Kier molecular flexibility index (Phi) is 3.06. The molecule has 0 spiro atoms. The van der Waals surface area contributed by atoms with Crippen LogP contribution in [-0.4, -0.2) is 27.6 Å². The third-order valence-electron chi connectivity index (χ3n) is 5.31. The van der Waals surface area contributed by atoms with E-state index in [-0.39, 0.29) is 0 Å². The molecule has 0 atom stereocenters. The van der Waals surface area contributed by atoms with Gasteiger partial charge in [-0.15, -0.1) is 0 Å². The Morgan fingerprint density at radius 1 is 1.19 bits per heavy atom. The molecule has 3 aliphatic rings. The predicted octanol–water partition coefficient (Wildman–Crippen LogP) is 3.52. The average molecular weight is 357 g/mol. The van der Waals surface area contributed by atoms with Crippen LogP contribution in [0, 0.1) is 0 Å². The zero-order chi connectivity index (χ0) is 17.8. The van der Waals surface area contributed by atoms with Crippen LogP contribution in [0.5, 0.6) is 0 Å². The summed E-state index contributed by atoms with van der Waals surface area (Å²) in [6.07, 6.45) is 10.4. The van der Waals surface area contributed by atoms with Gasteiger partial charge in [-0.25, -0.2) is 0 Å². The number of aromatic nitrogens is 3. The Bertz CT molecular complexity index is 1110. The van der Waals surface area contributed by atoms with Crippen molar-refractivity contribution in [2.45, 2.75) is 18.8 Å². The summed E-state index contributed by atoms with van der Waals surface area (Å²) < 4.78 is 0. The van der Waals surface area contributed by atoms with Crippen LogP contribution < -0.4 is 15.1 Å². The van der Waals surface area contributed by atoms with E-state index in [2.05, 4.69) is 71.8 Å². The van der Waals surface area contributed by atoms with E-state index in [9.17, 15) is 0 Å². The number of nitrogens with zero attached hydrogens (tertiary/aromatic N) is 4. The highest BCUT2D eigenvalue weighted by atomic mass is 15.4. The van der Waals surface area contributed by atoms with Crippen molar-refractivity contribution in [1.82, 2.24) is 20.1 Å². The van der Waals surface area contributed by atoms with Crippen LogP contribution >= 0.6 is 0 Å². The highest BCUT2D eigenvalue weighted by Gasteiger charge is 2.37. The molecule has 2 aliphatic heterocycles. The van der Waals surface area contributed by atoms with E-state index in [1.807, 2.05) is 18.6 Å². The first-order valence-electron chi connectivity index (χ1n) is 9.24. The van der Waals surface area contributed by atoms with Gasteiger partial charge in [-0.2, -0.15) is 10.1 Å². The van der Waals surface area contributed by atoms with Crippen molar-refractivity contribution < 1.29 is 0 Å². The number of amidine groups is 1. The summed E-state index contributed by atoms with van der Waals surface area (Å²) in [7, 11) is 0. The largest absolute Gasteiger partial charge is 0.361 e. The molecule has 3 N–H and O–H groups in total. The second-order valence-corrected chi connectivity index (χ2v) is 7.21. The quantitative estimate of drug-likeness (QED) is 0.625. The zero-order valence-electron chi connectivity index (χ0n) is 14.7. The fourth-order valence-corrected chi connectivity index (χ4v) is 3.69. The maximum atomic E-state index is 4.53. The molecule has 1 saturated carbocycles. The van der Waals surface area contributed by atoms with Crippen molar-refractivity contribution >= 4 is 28.2 Å². The van der Waals surface area contributed by atoms with Gasteiger partial charge in [0.2, 0.25) is 0 Å². The smallest absolute Gasteiger partial charge is 0.284 e. The van der Waals surface area contributed by atoms with Crippen molar-refractivity contribution in [2.24, 2.45) is 4.99 Å². The molecule has 7 heteroatoms. The minimum Gasteiger partial charge on any atom is -0.361 e. The van der Waals surface area contributed by atoms with Crippen LogP contribution in [0.25, 0.3) is 10.9 Å². The number of aliphatic imine (C=N–C) groups is 1. The molecular formula is C20H19N7+. The molecular weight excluding hydrogens is 338 g/mol. The van der Waals surface area contributed by atoms with Crippen LogP contribution in [0.15, 0.2) is 65.9 Å². The lowest BCUT2D eigenvalue weighted by molar-refractivity contribution is 0.815. The number of hydrogen-bond acceptors (Lipinski definition) is 5. The van der Waals surface area contributed by atoms with Crippen LogP contribution in [0.1, 0.15) is 24.5 Å². The van der Waals surface area contributed by atoms with Gasteiger partial charge < -0.3 is 9.88 Å². The molecule has 6 rings (SSSR count). The maximum absolute atomic E-state index is 4.53. The monoisotopic (exact) mass is 357 g/mol. The summed E-state index contributed by atoms with van der Waals surface area (Å²) >= 11 is 0. The van der Waals surface area contributed by atoms with E-state index in [0.717, 1.165) is 35.2 Å². The number of nitrogens with one attached hydrogen (secondary N) is 3. The van der Waals surface area contributed by atoms with E-state index in [1.165, 1.54) is 23.9 Å². The van der Waals surface area contributed by atoms with Crippen LogP contribution in [-0.2, 0) is 0 Å². The van der Waals surface area contributed by atoms with E-state index in [0.29, 0.717) is 5.92 Å². The second kappa shape index (κ2) is 5.59. The highest BCUT2D eigenvalue weighted by molar-refractivity contribution is 5.96. The molecule has 27 heavy (non-hydrogen) atoms. The van der Waals surface area contributed by atoms with E-state index < -0.39 is 0 Å². The number of rotatable bonds is 4. The van der Waals surface area contributed by atoms with Crippen molar-refractivity contribution in [3.05, 3.63) is 66.6 Å². The van der Waals surface area contributed by atoms with Crippen molar-refractivity contribution in [1.29, 1.82) is 0 Å². The molecule has 4 heterocycles. The van der Waals surface area contributed by atoms with Crippen molar-refractivity contribution in [3.63, 3.8) is 0 Å². The van der Waals surface area contributed by atoms with Crippen LogP contribution in [0.2, 0.25) is 0 Å². The van der Waals surface area contributed by atoms with E-state index in [1.54, 1.807) is 0 Å². The van der Waals surface area contributed by atoms with Gasteiger partial charge in [0.15, 0.2) is 12.0 Å². The van der Waals surface area contributed by atoms with Gasteiger partial charge in [-0.05, 0) is 42.0 Å². The van der Waals surface area contributed by atoms with Gasteiger partial charge >= 0.3 is 0 Å². The fraction of sp³-hybridized carbons (Fsp3) is 0.200. The Morgan fingerprint density at radius 2 is 2.15 bits per heavy atom. The summed E-state index contributed by atoms with van der Waals surface area (Å²) in [4.78, 5) is 12.1. The molecule has 0 bridgehead atoms. The molecule has 3 aromatic rings. The van der Waals surface area contributed by atoms with Crippen LogP contribution in [0.3, 0.4) is 0 Å². The van der Waals surface area contributed by atoms with Crippen molar-refractivity contribution in [2.75, 3.05) is 16.8 Å². The summed E-state index contributed by atoms with van der Waals surface area (Å²) in [5, 5.41) is 12.2. The molecule has 0 unspecified atom stereocenters. The molecule has 1 aromatic carbocycles. The number of aromatic amines is 2. The standard InChI is InChI=1S/C20H19N7/c1-2-13(1)17-10-18(25-24-17)23-20-12-26(11-19-22-7-8-27(19)20)15-3-4-16-14(9-15)5-6-21-16/h3-10,12-13,21H,1-2,11H2,(H2,23,24,25)/q+1. The Labute approximate surface area is 156 Å². The molecule has 1 fully saturated rings. The molecule has 7 nitrogen and oxygen atoms in total. The summed E-state index contributed by atoms with van der Waals surface area (Å²) in [5.74, 6) is 3.43. The number of benzene rings is 1. The fourth-order valence-electron chi connectivity index (χ4n) is 3.69. The zero-order valence-corrected chi connectivity index (χ0v) is 14.7. The Morgan fingerprint density at radius 3 is 3.07 bits per heavy atom. The first-order valence-corrected chi connectivity index (χ1v) is 9.24. The average Bonchev–Trinajstić information content (AvgIpc) is 3.10. The first-order chi connectivity index (χ1) is 13.3. The summed E-state index contributed by atoms with van der Waals surface area (Å²) in [5.41, 5.74) is 3.49. The van der Waals surface area contributed by atoms with Gasteiger partial charge in [0, 0.05) is 40.5 Å². The van der Waals surface area contributed by atoms with Crippen molar-refractivity contribution in [3.8, 4) is 0 Å². The van der Waals surface area contributed by atoms with Gasteiger partial charge in [-0.1, -0.05) is 0 Å². The summed E-state index contributed by atoms with van der Waals surface area (Å²) in [6.45, 7) is 0.724. The number of H-pyrrole nitrogens is 2. The van der Waals surface area contributed by atoms with Gasteiger partial charge in [0.1, 0.15) is 6.54 Å². The lowest BCUT2D eigenvalue weighted by Gasteiger charge is -2.25. The lowest BCUT2D eigenvalue weighted by atomic mass is 10.2. The maximum Gasteiger partial charge on any atom is 0.284 e. The molecule has 0 saturated heterocycles. The summed E-state index contributed by atoms with van der Waals surface area (Å²) in [6, 6.07) is 10.6. The Balaban J connectivity index is 1.34. The SMILES string of the molecule is C1=C[N+]2C(Nc3cc(C4CC4)[nH]n3)=CN(c3ccc4[nH]ccc4c3)CC2=N1. The first kappa shape index (κ1) is 14.8. The van der Waals surface area contributed by atoms with Crippen LogP contribution in [0.4, 0.5) is 11.5 Å².